The molecule has 1 rings (SSSR count). The van der Waals surface area contributed by atoms with Crippen LogP contribution in [0.25, 0.3) is 0 Å². The van der Waals surface area contributed by atoms with Crippen LogP contribution in [0.3, 0.4) is 0 Å². The lowest BCUT2D eigenvalue weighted by Crippen LogP contribution is -2.66. The second-order valence-electron chi connectivity index (χ2n) is 6.03. The molecule has 1 unspecified atom stereocenters. The van der Waals surface area contributed by atoms with Crippen LogP contribution < -0.4 is 5.32 Å². The maximum atomic E-state index is 3.64. The smallest absolute Gasteiger partial charge is 0.0253 e. The Morgan fingerprint density at radius 1 is 1.19 bits per heavy atom. The van der Waals surface area contributed by atoms with Gasteiger partial charge in [-0.05, 0) is 40.0 Å². The number of nitrogens with one attached hydrogen (secondary N) is 1. The highest BCUT2D eigenvalue weighted by atomic mass is 15.3. The van der Waals surface area contributed by atoms with Gasteiger partial charge in [0.1, 0.15) is 0 Å². The van der Waals surface area contributed by atoms with E-state index in [2.05, 4.69) is 51.8 Å². The predicted octanol–water partition coefficient (Wildman–Crippen LogP) is 3.03. The zero-order valence-corrected chi connectivity index (χ0v) is 12.1. The number of rotatable bonds is 4. The van der Waals surface area contributed by atoms with E-state index in [0.717, 1.165) is 6.54 Å². The maximum Gasteiger partial charge on any atom is 0.0253 e. The molecule has 1 saturated heterocycles. The molecule has 2 heteroatoms. The van der Waals surface area contributed by atoms with Gasteiger partial charge in [-0.1, -0.05) is 20.8 Å². The molecule has 1 N–H and O–H groups in total. The molecule has 0 amide bonds. The molecule has 0 spiro atoms. The zero-order chi connectivity index (χ0) is 12.4. The van der Waals surface area contributed by atoms with Crippen LogP contribution in [-0.4, -0.2) is 35.1 Å². The summed E-state index contributed by atoms with van der Waals surface area (Å²) in [6, 6.07) is 0.660. The quantitative estimate of drug-likeness (QED) is 0.792. The van der Waals surface area contributed by atoms with Crippen LogP contribution in [-0.2, 0) is 0 Å². The normalized spacial score (nSPS) is 27.0. The van der Waals surface area contributed by atoms with Gasteiger partial charge in [-0.2, -0.15) is 0 Å². The highest BCUT2D eigenvalue weighted by molar-refractivity contribution is 4.99. The Labute approximate surface area is 102 Å². The van der Waals surface area contributed by atoms with Crippen molar-refractivity contribution in [2.45, 2.75) is 77.9 Å². The van der Waals surface area contributed by atoms with E-state index in [-0.39, 0.29) is 5.54 Å². The summed E-state index contributed by atoms with van der Waals surface area (Å²) in [6.45, 7) is 16.3. The van der Waals surface area contributed by atoms with Crippen LogP contribution >= 0.6 is 0 Å². The number of hydrogen-bond acceptors (Lipinski definition) is 2. The van der Waals surface area contributed by atoms with Gasteiger partial charge in [-0.15, -0.1) is 0 Å². The molecule has 1 aliphatic rings. The lowest BCUT2D eigenvalue weighted by atomic mass is 9.83. The Morgan fingerprint density at radius 3 is 2.12 bits per heavy atom. The standard InChI is InChI=1S/C14H30N2/c1-7-14(8-2,9-3)16-11-13(5,6)15-10-12(16)4/h12,15H,7-11H2,1-6H3. The summed E-state index contributed by atoms with van der Waals surface area (Å²) in [5.41, 5.74) is 0.677. The van der Waals surface area contributed by atoms with Crippen LogP contribution in [0.15, 0.2) is 0 Å². The molecule has 16 heavy (non-hydrogen) atoms. The van der Waals surface area contributed by atoms with Crippen molar-refractivity contribution in [3.63, 3.8) is 0 Å². The molecule has 0 aromatic carbocycles. The fourth-order valence-corrected chi connectivity index (χ4v) is 3.17. The highest BCUT2D eigenvalue weighted by Gasteiger charge is 2.40. The fraction of sp³-hybridized carbons (Fsp3) is 1.00. The van der Waals surface area contributed by atoms with Crippen molar-refractivity contribution in [3.8, 4) is 0 Å². The minimum absolute atomic E-state index is 0.261. The topological polar surface area (TPSA) is 15.3 Å². The Kier molecular flexibility index (Phi) is 4.42. The summed E-state index contributed by atoms with van der Waals surface area (Å²) in [6.07, 6.45) is 3.79. The molecule has 0 aliphatic carbocycles. The summed E-state index contributed by atoms with van der Waals surface area (Å²) in [5.74, 6) is 0. The number of hydrogen-bond donors (Lipinski definition) is 1. The van der Waals surface area contributed by atoms with E-state index in [9.17, 15) is 0 Å². The summed E-state index contributed by atoms with van der Waals surface area (Å²) in [7, 11) is 0. The van der Waals surface area contributed by atoms with Gasteiger partial charge in [0.25, 0.3) is 0 Å². The molecule has 1 aliphatic heterocycles. The summed E-state index contributed by atoms with van der Waals surface area (Å²) in [4.78, 5) is 2.75. The molecule has 96 valence electrons. The van der Waals surface area contributed by atoms with Gasteiger partial charge < -0.3 is 5.32 Å². The van der Waals surface area contributed by atoms with Crippen LogP contribution in [0.1, 0.15) is 60.8 Å². The lowest BCUT2D eigenvalue weighted by molar-refractivity contribution is -0.0108. The number of piperazine rings is 1. The molecule has 0 radical (unpaired) electrons. The van der Waals surface area contributed by atoms with Crippen molar-refractivity contribution in [2.75, 3.05) is 13.1 Å². The van der Waals surface area contributed by atoms with Crippen LogP contribution in [0, 0.1) is 0 Å². The van der Waals surface area contributed by atoms with Gasteiger partial charge in [0, 0.05) is 30.2 Å². The SMILES string of the molecule is CCC(CC)(CC)N1CC(C)(C)NCC1C. The first-order valence-corrected chi connectivity index (χ1v) is 6.92. The largest absolute Gasteiger partial charge is 0.309 e. The average Bonchev–Trinajstić information content (AvgIpc) is 2.26. The third kappa shape index (κ3) is 2.60. The Balaban J connectivity index is 2.89. The molecule has 0 bridgehead atoms. The van der Waals surface area contributed by atoms with E-state index in [1.807, 2.05) is 0 Å². The average molecular weight is 226 g/mol. The van der Waals surface area contributed by atoms with Crippen molar-refractivity contribution >= 4 is 0 Å². The van der Waals surface area contributed by atoms with E-state index >= 15 is 0 Å². The van der Waals surface area contributed by atoms with Crippen LogP contribution in [0.2, 0.25) is 0 Å². The van der Waals surface area contributed by atoms with E-state index in [4.69, 9.17) is 0 Å². The van der Waals surface area contributed by atoms with E-state index in [0.29, 0.717) is 11.6 Å². The van der Waals surface area contributed by atoms with Gasteiger partial charge in [-0.3, -0.25) is 4.90 Å². The molecule has 0 saturated carbocycles. The Hall–Kier alpha value is -0.0800. The molecular weight excluding hydrogens is 196 g/mol. The van der Waals surface area contributed by atoms with E-state index in [1.165, 1.54) is 25.8 Å². The minimum atomic E-state index is 0.261. The highest BCUT2D eigenvalue weighted by Crippen LogP contribution is 2.32. The maximum absolute atomic E-state index is 3.64. The van der Waals surface area contributed by atoms with Crippen molar-refractivity contribution in [1.82, 2.24) is 10.2 Å². The third-order valence-electron chi connectivity index (χ3n) is 4.56. The Morgan fingerprint density at radius 2 is 1.69 bits per heavy atom. The van der Waals surface area contributed by atoms with Crippen molar-refractivity contribution in [2.24, 2.45) is 0 Å². The van der Waals surface area contributed by atoms with E-state index in [1.54, 1.807) is 0 Å². The predicted molar refractivity (Wildman–Crippen MR) is 71.9 cm³/mol. The minimum Gasteiger partial charge on any atom is -0.309 e. The molecule has 0 aromatic heterocycles. The first kappa shape index (κ1) is 14.0. The van der Waals surface area contributed by atoms with Gasteiger partial charge in [0.05, 0.1) is 0 Å². The van der Waals surface area contributed by atoms with Crippen molar-refractivity contribution < 1.29 is 0 Å². The first-order valence-electron chi connectivity index (χ1n) is 6.92. The van der Waals surface area contributed by atoms with E-state index < -0.39 is 0 Å². The summed E-state index contributed by atoms with van der Waals surface area (Å²) in [5, 5.41) is 3.64. The molecule has 0 aromatic rings. The molecular formula is C14H30N2. The van der Waals surface area contributed by atoms with Crippen LogP contribution in [0.4, 0.5) is 0 Å². The van der Waals surface area contributed by atoms with Gasteiger partial charge in [0.2, 0.25) is 0 Å². The second-order valence-corrected chi connectivity index (χ2v) is 6.03. The van der Waals surface area contributed by atoms with Crippen LogP contribution in [0.5, 0.6) is 0 Å². The summed E-state index contributed by atoms with van der Waals surface area (Å²) < 4.78 is 0. The molecule has 1 atom stereocenters. The number of nitrogens with zero attached hydrogens (tertiary/aromatic N) is 1. The monoisotopic (exact) mass is 226 g/mol. The second kappa shape index (κ2) is 5.05. The van der Waals surface area contributed by atoms with Gasteiger partial charge >= 0.3 is 0 Å². The fourth-order valence-electron chi connectivity index (χ4n) is 3.17. The third-order valence-corrected chi connectivity index (χ3v) is 4.56. The van der Waals surface area contributed by atoms with Crippen molar-refractivity contribution in [1.29, 1.82) is 0 Å². The Bertz CT molecular complexity index is 211. The molecule has 2 nitrogen and oxygen atoms in total. The molecule has 1 fully saturated rings. The first-order chi connectivity index (χ1) is 7.40. The molecule has 1 heterocycles. The summed E-state index contributed by atoms with van der Waals surface area (Å²) >= 11 is 0. The lowest BCUT2D eigenvalue weighted by Gasteiger charge is -2.53. The van der Waals surface area contributed by atoms with Crippen molar-refractivity contribution in [3.05, 3.63) is 0 Å². The zero-order valence-electron chi connectivity index (χ0n) is 12.1. The van der Waals surface area contributed by atoms with Gasteiger partial charge in [0.15, 0.2) is 0 Å². The van der Waals surface area contributed by atoms with Gasteiger partial charge in [-0.25, -0.2) is 0 Å².